The summed E-state index contributed by atoms with van der Waals surface area (Å²) in [4.78, 5) is 0. The van der Waals surface area contributed by atoms with Crippen LogP contribution in [0.1, 0.15) is 38.3 Å². The molecule has 0 aliphatic carbocycles. The molecule has 0 spiro atoms. The van der Waals surface area contributed by atoms with Crippen LogP contribution >= 0.6 is 23.2 Å². The third kappa shape index (κ3) is 3.55. The van der Waals surface area contributed by atoms with Crippen LogP contribution in [-0.2, 0) is 0 Å². The van der Waals surface area contributed by atoms with E-state index in [1.807, 2.05) is 12.1 Å². The van der Waals surface area contributed by atoms with Gasteiger partial charge in [0.2, 0.25) is 0 Å². The Morgan fingerprint density at radius 1 is 1.31 bits per heavy atom. The fourth-order valence-corrected chi connectivity index (χ4v) is 1.97. The summed E-state index contributed by atoms with van der Waals surface area (Å²) in [5, 5.41) is 4.46. The van der Waals surface area contributed by atoms with Crippen molar-refractivity contribution in [1.29, 1.82) is 0 Å². The first kappa shape index (κ1) is 13.6. The Morgan fingerprint density at radius 3 is 2.38 bits per heavy atom. The largest absolute Gasteiger partial charge is 0.396 e. The number of halogens is 2. The van der Waals surface area contributed by atoms with Crippen LogP contribution in [0.25, 0.3) is 0 Å². The topological polar surface area (TPSA) is 38.0 Å². The summed E-state index contributed by atoms with van der Waals surface area (Å²) in [7, 11) is 0. The Labute approximate surface area is 107 Å². The minimum atomic E-state index is 0.238. The number of hydrogen-bond acceptors (Lipinski definition) is 2. The normalized spacial score (nSPS) is 12.8. The second-order valence-electron chi connectivity index (χ2n) is 3.93. The molecule has 0 fully saturated rings. The molecule has 0 heterocycles. The van der Waals surface area contributed by atoms with Gasteiger partial charge in [-0.25, -0.2) is 0 Å². The van der Waals surface area contributed by atoms with E-state index in [1.54, 1.807) is 0 Å². The lowest BCUT2D eigenvalue weighted by atomic mass is 10.1. The molecule has 2 nitrogen and oxygen atoms in total. The molecule has 0 saturated heterocycles. The highest BCUT2D eigenvalue weighted by Gasteiger charge is 2.09. The molecule has 1 aromatic rings. The summed E-state index contributed by atoms with van der Waals surface area (Å²) in [6.45, 7) is 5.26. The molecule has 4 heteroatoms. The summed E-state index contributed by atoms with van der Waals surface area (Å²) in [5.74, 6) is 0. The van der Waals surface area contributed by atoms with Crippen LogP contribution < -0.4 is 11.1 Å². The predicted octanol–water partition coefficient (Wildman–Crippen LogP) is 4.03. The average Bonchev–Trinajstić information content (AvgIpc) is 2.25. The van der Waals surface area contributed by atoms with Crippen molar-refractivity contribution in [1.82, 2.24) is 5.32 Å². The minimum Gasteiger partial charge on any atom is -0.396 e. The van der Waals surface area contributed by atoms with Gasteiger partial charge in [-0.15, -0.1) is 0 Å². The van der Waals surface area contributed by atoms with Gasteiger partial charge < -0.3 is 11.1 Å². The molecule has 0 bridgehead atoms. The van der Waals surface area contributed by atoms with Gasteiger partial charge in [0, 0.05) is 6.04 Å². The Kier molecular flexibility index (Phi) is 5.39. The van der Waals surface area contributed by atoms with Crippen LogP contribution in [0, 0.1) is 0 Å². The van der Waals surface area contributed by atoms with Gasteiger partial charge in [-0.3, -0.25) is 0 Å². The van der Waals surface area contributed by atoms with Gasteiger partial charge in [0.1, 0.15) is 0 Å². The summed E-state index contributed by atoms with van der Waals surface area (Å²) in [6, 6.07) is 3.97. The Bertz CT molecular complexity index is 330. The molecule has 0 saturated carbocycles. The van der Waals surface area contributed by atoms with E-state index in [-0.39, 0.29) is 6.04 Å². The highest BCUT2D eigenvalue weighted by molar-refractivity contribution is 6.38. The van der Waals surface area contributed by atoms with Crippen molar-refractivity contribution in [3.8, 4) is 0 Å². The number of rotatable bonds is 5. The molecule has 0 aliphatic rings. The zero-order valence-corrected chi connectivity index (χ0v) is 11.2. The zero-order valence-electron chi connectivity index (χ0n) is 9.69. The van der Waals surface area contributed by atoms with Crippen LogP contribution in [0.4, 0.5) is 5.69 Å². The number of benzene rings is 1. The Hall–Kier alpha value is -0.440. The smallest absolute Gasteiger partial charge is 0.0693 e. The first-order valence-corrected chi connectivity index (χ1v) is 6.29. The molecule has 0 aromatic heterocycles. The third-order valence-electron chi connectivity index (χ3n) is 2.58. The summed E-state index contributed by atoms with van der Waals surface area (Å²) in [6.07, 6.45) is 2.35. The van der Waals surface area contributed by atoms with Gasteiger partial charge >= 0.3 is 0 Å². The van der Waals surface area contributed by atoms with E-state index in [2.05, 4.69) is 19.2 Å². The van der Waals surface area contributed by atoms with Crippen LogP contribution in [-0.4, -0.2) is 6.54 Å². The number of nitrogens with one attached hydrogen (secondary N) is 1. The van der Waals surface area contributed by atoms with Gasteiger partial charge in [0.05, 0.1) is 15.7 Å². The van der Waals surface area contributed by atoms with Gasteiger partial charge in [-0.1, -0.05) is 36.5 Å². The van der Waals surface area contributed by atoms with E-state index in [9.17, 15) is 0 Å². The Balaban J connectivity index is 2.72. The summed E-state index contributed by atoms with van der Waals surface area (Å²) in [5.41, 5.74) is 7.21. The molecule has 1 atom stereocenters. The van der Waals surface area contributed by atoms with Crippen molar-refractivity contribution in [2.24, 2.45) is 0 Å². The maximum atomic E-state index is 5.99. The lowest BCUT2D eigenvalue weighted by Crippen LogP contribution is -2.19. The molecule has 1 unspecified atom stereocenters. The average molecular weight is 261 g/mol. The standard InChI is InChI=1S/C12H18Cl2N2/c1-3-4-5-16-8(2)9-6-10(13)12(15)11(14)7-9/h6-8,16H,3-5,15H2,1-2H3. The highest BCUT2D eigenvalue weighted by atomic mass is 35.5. The van der Waals surface area contributed by atoms with Crippen molar-refractivity contribution in [2.75, 3.05) is 12.3 Å². The number of nitrogens with two attached hydrogens (primary N) is 1. The fraction of sp³-hybridized carbons (Fsp3) is 0.500. The first-order valence-electron chi connectivity index (χ1n) is 5.54. The van der Waals surface area contributed by atoms with Crippen molar-refractivity contribution in [2.45, 2.75) is 32.7 Å². The van der Waals surface area contributed by atoms with E-state index >= 15 is 0 Å². The number of anilines is 1. The van der Waals surface area contributed by atoms with Gasteiger partial charge in [-0.2, -0.15) is 0 Å². The van der Waals surface area contributed by atoms with Gasteiger partial charge in [0.15, 0.2) is 0 Å². The molecular formula is C12H18Cl2N2. The van der Waals surface area contributed by atoms with Crippen LogP contribution in [0.2, 0.25) is 10.0 Å². The number of nitrogen functional groups attached to an aromatic ring is 1. The molecular weight excluding hydrogens is 243 g/mol. The fourth-order valence-electron chi connectivity index (χ4n) is 1.47. The second kappa shape index (κ2) is 6.33. The van der Waals surface area contributed by atoms with E-state index < -0.39 is 0 Å². The van der Waals surface area contributed by atoms with Crippen LogP contribution in [0.15, 0.2) is 12.1 Å². The molecule has 0 radical (unpaired) electrons. The second-order valence-corrected chi connectivity index (χ2v) is 4.74. The van der Waals surface area contributed by atoms with E-state index in [0.29, 0.717) is 15.7 Å². The minimum absolute atomic E-state index is 0.238. The van der Waals surface area contributed by atoms with Crippen molar-refractivity contribution >= 4 is 28.9 Å². The molecule has 90 valence electrons. The summed E-state index contributed by atoms with van der Waals surface area (Å²) >= 11 is 12.0. The highest BCUT2D eigenvalue weighted by Crippen LogP contribution is 2.31. The third-order valence-corrected chi connectivity index (χ3v) is 3.21. The molecule has 1 rings (SSSR count). The van der Waals surface area contributed by atoms with Crippen LogP contribution in [0.5, 0.6) is 0 Å². The maximum Gasteiger partial charge on any atom is 0.0693 e. The van der Waals surface area contributed by atoms with Gasteiger partial charge in [-0.05, 0) is 37.6 Å². The molecule has 0 amide bonds. The molecule has 16 heavy (non-hydrogen) atoms. The zero-order chi connectivity index (χ0) is 12.1. The SMILES string of the molecule is CCCCNC(C)c1cc(Cl)c(N)c(Cl)c1. The molecule has 3 N–H and O–H groups in total. The number of hydrogen-bond donors (Lipinski definition) is 2. The molecule has 1 aromatic carbocycles. The van der Waals surface area contributed by atoms with E-state index in [1.165, 1.54) is 12.8 Å². The van der Waals surface area contributed by atoms with Crippen molar-refractivity contribution in [3.63, 3.8) is 0 Å². The predicted molar refractivity (Wildman–Crippen MR) is 72.2 cm³/mol. The lowest BCUT2D eigenvalue weighted by molar-refractivity contribution is 0.554. The molecule has 0 aliphatic heterocycles. The van der Waals surface area contributed by atoms with E-state index in [4.69, 9.17) is 28.9 Å². The van der Waals surface area contributed by atoms with Crippen molar-refractivity contribution in [3.05, 3.63) is 27.7 Å². The first-order chi connectivity index (χ1) is 7.56. The van der Waals surface area contributed by atoms with Crippen LogP contribution in [0.3, 0.4) is 0 Å². The Morgan fingerprint density at radius 2 is 1.88 bits per heavy atom. The maximum absolute atomic E-state index is 5.99. The van der Waals surface area contributed by atoms with Gasteiger partial charge in [0.25, 0.3) is 0 Å². The van der Waals surface area contributed by atoms with Crippen molar-refractivity contribution < 1.29 is 0 Å². The quantitative estimate of drug-likeness (QED) is 0.620. The number of unbranched alkanes of at least 4 members (excludes halogenated alkanes) is 1. The van der Waals surface area contributed by atoms with E-state index in [0.717, 1.165) is 12.1 Å². The monoisotopic (exact) mass is 260 g/mol. The summed E-state index contributed by atoms with van der Waals surface area (Å²) < 4.78 is 0. The lowest BCUT2D eigenvalue weighted by Gasteiger charge is -2.15.